The summed E-state index contributed by atoms with van der Waals surface area (Å²) in [6.07, 6.45) is 2.03. The van der Waals surface area contributed by atoms with Gasteiger partial charge in [0, 0.05) is 20.2 Å². The number of hydrogen-bond donors (Lipinski definition) is 2. The number of ether oxygens (including phenoxy) is 1. The third kappa shape index (κ3) is 2.56. The van der Waals surface area contributed by atoms with Gasteiger partial charge in [-0.1, -0.05) is 6.07 Å². The summed E-state index contributed by atoms with van der Waals surface area (Å²) in [5, 5.41) is 19.0. The van der Waals surface area contributed by atoms with Crippen LogP contribution in [0.3, 0.4) is 0 Å². The van der Waals surface area contributed by atoms with Crippen molar-refractivity contribution in [2.24, 2.45) is 0 Å². The van der Waals surface area contributed by atoms with Gasteiger partial charge in [0.25, 0.3) is 5.91 Å². The van der Waals surface area contributed by atoms with E-state index in [1.54, 1.807) is 7.05 Å². The number of carbonyl (C=O) groups excluding carboxylic acids is 1. The second kappa shape index (κ2) is 5.27. The van der Waals surface area contributed by atoms with Crippen molar-refractivity contribution in [1.29, 1.82) is 0 Å². The number of amides is 1. The lowest BCUT2D eigenvalue weighted by molar-refractivity contribution is 0.0584. The van der Waals surface area contributed by atoms with Gasteiger partial charge in [-0.25, -0.2) is 0 Å². The van der Waals surface area contributed by atoms with Gasteiger partial charge in [0.05, 0.1) is 11.7 Å². The first kappa shape index (κ1) is 12.7. The number of nitrogens with zero attached hydrogens (tertiary/aromatic N) is 1. The minimum Gasteiger partial charge on any atom is -0.504 e. The summed E-state index contributed by atoms with van der Waals surface area (Å²) in [4.78, 5) is 13.6. The van der Waals surface area contributed by atoms with E-state index >= 15 is 0 Å². The number of aromatic hydroxyl groups is 2. The van der Waals surface area contributed by atoms with Crippen LogP contribution in [-0.4, -0.2) is 47.3 Å². The highest BCUT2D eigenvalue weighted by Gasteiger charge is 2.23. The van der Waals surface area contributed by atoms with Crippen molar-refractivity contribution in [3.8, 4) is 11.5 Å². The van der Waals surface area contributed by atoms with E-state index in [2.05, 4.69) is 0 Å². The van der Waals surface area contributed by atoms with Crippen LogP contribution in [0.15, 0.2) is 18.2 Å². The molecule has 1 saturated heterocycles. The van der Waals surface area contributed by atoms with Crippen molar-refractivity contribution >= 4 is 5.91 Å². The van der Waals surface area contributed by atoms with Crippen LogP contribution in [0.1, 0.15) is 23.2 Å². The molecule has 2 rings (SSSR count). The summed E-state index contributed by atoms with van der Waals surface area (Å²) in [6.45, 7) is 1.23. The molecule has 5 heteroatoms. The molecular formula is C13H17NO4. The molecule has 1 atom stereocenters. The standard InChI is InChI=1S/C13H17NO4/c1-14(8-9-4-3-7-18-9)13(17)10-5-2-6-11(15)12(10)16/h2,5-6,9,15-16H,3-4,7-8H2,1H3. The van der Waals surface area contributed by atoms with E-state index in [4.69, 9.17) is 4.74 Å². The van der Waals surface area contributed by atoms with Crippen LogP contribution in [0.25, 0.3) is 0 Å². The van der Waals surface area contributed by atoms with Gasteiger partial charge in [0.15, 0.2) is 11.5 Å². The molecule has 18 heavy (non-hydrogen) atoms. The molecule has 0 radical (unpaired) electrons. The van der Waals surface area contributed by atoms with E-state index in [1.807, 2.05) is 0 Å². The minimum absolute atomic E-state index is 0.0680. The molecule has 1 aromatic rings. The molecule has 0 aromatic heterocycles. The minimum atomic E-state index is -0.373. The Balaban J connectivity index is 2.07. The molecule has 0 saturated carbocycles. The summed E-state index contributed by atoms with van der Waals surface area (Å²) in [5.41, 5.74) is 0.107. The van der Waals surface area contributed by atoms with E-state index in [-0.39, 0.29) is 29.1 Å². The Morgan fingerprint density at radius 2 is 2.28 bits per heavy atom. The molecule has 1 amide bonds. The van der Waals surface area contributed by atoms with Gasteiger partial charge in [-0.3, -0.25) is 4.79 Å². The molecule has 1 fully saturated rings. The van der Waals surface area contributed by atoms with Crippen molar-refractivity contribution in [3.63, 3.8) is 0 Å². The number of rotatable bonds is 3. The van der Waals surface area contributed by atoms with Gasteiger partial charge in [-0.2, -0.15) is 0 Å². The normalized spacial score (nSPS) is 18.8. The number of para-hydroxylation sites is 1. The van der Waals surface area contributed by atoms with E-state index < -0.39 is 0 Å². The van der Waals surface area contributed by atoms with Gasteiger partial charge in [-0.05, 0) is 25.0 Å². The lowest BCUT2D eigenvalue weighted by Crippen LogP contribution is -2.34. The van der Waals surface area contributed by atoms with Gasteiger partial charge in [-0.15, -0.1) is 0 Å². The average molecular weight is 251 g/mol. The summed E-state index contributed by atoms with van der Waals surface area (Å²) in [5.74, 6) is -0.980. The third-order valence-electron chi connectivity index (χ3n) is 3.09. The predicted octanol–water partition coefficient (Wildman–Crippen LogP) is 1.35. The largest absolute Gasteiger partial charge is 0.504 e. The molecule has 0 bridgehead atoms. The lowest BCUT2D eigenvalue weighted by Gasteiger charge is -2.21. The molecule has 98 valence electrons. The van der Waals surface area contributed by atoms with E-state index in [1.165, 1.54) is 23.1 Å². The SMILES string of the molecule is CN(CC1CCCO1)C(=O)c1cccc(O)c1O. The van der Waals surface area contributed by atoms with E-state index in [9.17, 15) is 15.0 Å². The van der Waals surface area contributed by atoms with Crippen LogP contribution in [-0.2, 0) is 4.74 Å². The quantitative estimate of drug-likeness (QED) is 0.795. The zero-order valence-electron chi connectivity index (χ0n) is 10.3. The number of phenols is 2. The van der Waals surface area contributed by atoms with Crippen molar-refractivity contribution in [1.82, 2.24) is 4.90 Å². The highest BCUT2D eigenvalue weighted by atomic mass is 16.5. The van der Waals surface area contributed by atoms with Gasteiger partial charge < -0.3 is 19.8 Å². The first-order valence-electron chi connectivity index (χ1n) is 5.97. The van der Waals surface area contributed by atoms with E-state index in [0.717, 1.165) is 19.4 Å². The lowest BCUT2D eigenvalue weighted by atomic mass is 10.1. The second-order valence-electron chi connectivity index (χ2n) is 4.49. The smallest absolute Gasteiger partial charge is 0.257 e. The molecule has 0 spiro atoms. The van der Waals surface area contributed by atoms with Gasteiger partial charge in [0.1, 0.15) is 0 Å². The maximum absolute atomic E-state index is 12.1. The number of benzene rings is 1. The number of hydrogen-bond acceptors (Lipinski definition) is 4. The first-order valence-corrected chi connectivity index (χ1v) is 5.97. The molecule has 1 aromatic carbocycles. The second-order valence-corrected chi connectivity index (χ2v) is 4.49. The average Bonchev–Trinajstić information content (AvgIpc) is 2.84. The Bertz CT molecular complexity index is 441. The summed E-state index contributed by atoms with van der Waals surface area (Å²) >= 11 is 0. The Morgan fingerprint density at radius 1 is 1.50 bits per heavy atom. The Morgan fingerprint density at radius 3 is 2.94 bits per heavy atom. The fourth-order valence-corrected chi connectivity index (χ4v) is 2.09. The molecule has 1 heterocycles. The molecule has 1 unspecified atom stereocenters. The van der Waals surface area contributed by atoms with Crippen molar-refractivity contribution in [2.75, 3.05) is 20.2 Å². The number of carbonyl (C=O) groups is 1. The fourth-order valence-electron chi connectivity index (χ4n) is 2.09. The van der Waals surface area contributed by atoms with Crippen LogP contribution < -0.4 is 0 Å². The van der Waals surface area contributed by atoms with Crippen LogP contribution in [0.2, 0.25) is 0 Å². The summed E-state index contributed by atoms with van der Waals surface area (Å²) in [7, 11) is 1.66. The molecule has 2 N–H and O–H groups in total. The monoisotopic (exact) mass is 251 g/mol. The van der Waals surface area contributed by atoms with Crippen molar-refractivity contribution < 1.29 is 19.7 Å². The fraction of sp³-hybridized carbons (Fsp3) is 0.462. The van der Waals surface area contributed by atoms with E-state index in [0.29, 0.717) is 6.54 Å². The highest BCUT2D eigenvalue weighted by Crippen LogP contribution is 2.29. The van der Waals surface area contributed by atoms with Crippen LogP contribution in [0.5, 0.6) is 11.5 Å². The number of likely N-dealkylation sites (N-methyl/N-ethyl adjacent to an activating group) is 1. The maximum Gasteiger partial charge on any atom is 0.257 e. The Labute approximate surface area is 106 Å². The summed E-state index contributed by atoms with van der Waals surface area (Å²) < 4.78 is 5.46. The number of phenolic OH excluding ortho intramolecular Hbond substituents is 2. The van der Waals surface area contributed by atoms with Crippen LogP contribution >= 0.6 is 0 Å². The third-order valence-corrected chi connectivity index (χ3v) is 3.09. The van der Waals surface area contributed by atoms with Crippen LogP contribution in [0, 0.1) is 0 Å². The zero-order chi connectivity index (χ0) is 13.1. The van der Waals surface area contributed by atoms with Crippen LogP contribution in [0.4, 0.5) is 0 Å². The van der Waals surface area contributed by atoms with Gasteiger partial charge in [0.2, 0.25) is 0 Å². The predicted molar refractivity (Wildman–Crippen MR) is 65.7 cm³/mol. The van der Waals surface area contributed by atoms with Gasteiger partial charge >= 0.3 is 0 Å². The Kier molecular flexibility index (Phi) is 3.72. The van der Waals surface area contributed by atoms with Crippen molar-refractivity contribution in [3.05, 3.63) is 23.8 Å². The molecule has 0 aliphatic carbocycles. The maximum atomic E-state index is 12.1. The molecule has 1 aliphatic rings. The first-order chi connectivity index (χ1) is 8.59. The van der Waals surface area contributed by atoms with Crippen molar-refractivity contribution in [2.45, 2.75) is 18.9 Å². The Hall–Kier alpha value is -1.75. The zero-order valence-corrected chi connectivity index (χ0v) is 10.3. The summed E-state index contributed by atoms with van der Waals surface area (Å²) in [6, 6.07) is 4.36. The molecule has 5 nitrogen and oxygen atoms in total. The highest BCUT2D eigenvalue weighted by molar-refractivity contribution is 5.97. The molecular weight excluding hydrogens is 234 g/mol. The topological polar surface area (TPSA) is 70.0 Å². The molecule has 1 aliphatic heterocycles.